The van der Waals surface area contributed by atoms with E-state index in [4.69, 9.17) is 4.74 Å². The molecule has 5 heteroatoms. The molecule has 1 saturated carbocycles. The van der Waals surface area contributed by atoms with Crippen molar-refractivity contribution in [2.75, 3.05) is 12.4 Å². The molecule has 1 aliphatic carbocycles. The summed E-state index contributed by atoms with van der Waals surface area (Å²) in [6, 6.07) is 13.2. The predicted molar refractivity (Wildman–Crippen MR) is 87.0 cm³/mol. The van der Waals surface area contributed by atoms with Gasteiger partial charge in [0.25, 0.3) is 0 Å². The molecular weight excluding hydrogens is 295 g/mol. The van der Waals surface area contributed by atoms with Gasteiger partial charge < -0.3 is 15.4 Å². The molecule has 2 N–H and O–H groups in total. The fourth-order valence-corrected chi connectivity index (χ4v) is 2.59. The fraction of sp³-hybridized carbons (Fsp3) is 0.278. The summed E-state index contributed by atoms with van der Waals surface area (Å²) < 4.78 is 18.3. The van der Waals surface area contributed by atoms with E-state index >= 15 is 0 Å². The molecule has 2 amide bonds. The monoisotopic (exact) mass is 314 g/mol. The summed E-state index contributed by atoms with van der Waals surface area (Å²) in [7, 11) is 1.62. The highest BCUT2D eigenvalue weighted by Gasteiger charge is 2.33. The van der Waals surface area contributed by atoms with Crippen molar-refractivity contribution >= 4 is 11.7 Å². The van der Waals surface area contributed by atoms with Crippen molar-refractivity contribution in [3.8, 4) is 5.75 Å². The summed E-state index contributed by atoms with van der Waals surface area (Å²) in [5, 5.41) is 5.66. The number of ether oxygens (including phenoxy) is 1. The van der Waals surface area contributed by atoms with Gasteiger partial charge in [-0.05, 0) is 54.7 Å². The van der Waals surface area contributed by atoms with Crippen molar-refractivity contribution in [1.82, 2.24) is 5.32 Å². The number of methoxy groups -OCH3 is 1. The highest BCUT2D eigenvalue weighted by atomic mass is 19.1. The van der Waals surface area contributed by atoms with Crippen molar-refractivity contribution in [2.24, 2.45) is 5.92 Å². The quantitative estimate of drug-likeness (QED) is 0.872. The van der Waals surface area contributed by atoms with Gasteiger partial charge >= 0.3 is 6.03 Å². The molecule has 0 spiro atoms. The average Bonchev–Trinajstić information content (AvgIpc) is 3.37. The Morgan fingerprint density at radius 3 is 2.57 bits per heavy atom. The molecule has 0 bridgehead atoms. The molecular formula is C18H19FN2O2. The van der Waals surface area contributed by atoms with Crippen LogP contribution in [0.5, 0.6) is 5.75 Å². The molecule has 0 radical (unpaired) electrons. The maximum atomic E-state index is 13.2. The fourth-order valence-electron chi connectivity index (χ4n) is 2.59. The number of carbonyl (C=O) groups is 1. The van der Waals surface area contributed by atoms with Gasteiger partial charge in [0.2, 0.25) is 0 Å². The third kappa shape index (κ3) is 4.00. The lowest BCUT2D eigenvalue weighted by Crippen LogP contribution is -2.33. The van der Waals surface area contributed by atoms with Crippen molar-refractivity contribution < 1.29 is 13.9 Å². The third-order valence-corrected chi connectivity index (χ3v) is 3.94. The number of urea groups is 1. The second-order valence-corrected chi connectivity index (χ2v) is 5.70. The molecule has 4 nitrogen and oxygen atoms in total. The summed E-state index contributed by atoms with van der Waals surface area (Å²) in [4.78, 5) is 12.2. The number of hydrogen-bond donors (Lipinski definition) is 2. The smallest absolute Gasteiger partial charge is 0.319 e. The number of rotatable bonds is 5. The maximum Gasteiger partial charge on any atom is 0.319 e. The first-order valence-corrected chi connectivity index (χ1v) is 7.63. The number of benzene rings is 2. The first-order valence-electron chi connectivity index (χ1n) is 7.63. The zero-order chi connectivity index (χ0) is 16.2. The molecule has 1 atom stereocenters. The van der Waals surface area contributed by atoms with E-state index in [1.807, 2.05) is 24.3 Å². The highest BCUT2D eigenvalue weighted by molar-refractivity contribution is 5.89. The van der Waals surface area contributed by atoms with E-state index in [9.17, 15) is 9.18 Å². The van der Waals surface area contributed by atoms with Gasteiger partial charge in [-0.3, -0.25) is 0 Å². The molecule has 1 aliphatic rings. The third-order valence-electron chi connectivity index (χ3n) is 3.94. The van der Waals surface area contributed by atoms with E-state index in [1.165, 1.54) is 12.1 Å². The average molecular weight is 314 g/mol. The number of anilines is 1. The Morgan fingerprint density at radius 1 is 1.22 bits per heavy atom. The van der Waals surface area contributed by atoms with Gasteiger partial charge in [0.15, 0.2) is 0 Å². The van der Waals surface area contributed by atoms with Crippen LogP contribution in [0.15, 0.2) is 48.5 Å². The lowest BCUT2D eigenvalue weighted by atomic mass is 10.0. The lowest BCUT2D eigenvalue weighted by molar-refractivity contribution is 0.247. The number of nitrogens with one attached hydrogen (secondary N) is 2. The lowest BCUT2D eigenvalue weighted by Gasteiger charge is -2.19. The molecule has 3 rings (SSSR count). The normalized spacial score (nSPS) is 14.9. The van der Waals surface area contributed by atoms with Crippen LogP contribution in [0.1, 0.15) is 24.4 Å². The minimum atomic E-state index is -0.378. The zero-order valence-corrected chi connectivity index (χ0v) is 12.9. The van der Waals surface area contributed by atoms with Crippen LogP contribution in [-0.4, -0.2) is 13.1 Å². The topological polar surface area (TPSA) is 50.4 Å². The molecule has 120 valence electrons. The Morgan fingerprint density at radius 2 is 1.96 bits per heavy atom. The Labute approximate surface area is 134 Å². The molecule has 23 heavy (non-hydrogen) atoms. The molecule has 0 aromatic heterocycles. The SMILES string of the molecule is COc1ccc(C(NC(=O)Nc2cccc(F)c2)C2CC2)cc1. The largest absolute Gasteiger partial charge is 0.497 e. The van der Waals surface area contributed by atoms with Gasteiger partial charge in [-0.15, -0.1) is 0 Å². The Bertz CT molecular complexity index is 684. The van der Waals surface area contributed by atoms with Crippen LogP contribution < -0.4 is 15.4 Å². The van der Waals surface area contributed by atoms with Crippen LogP contribution in [-0.2, 0) is 0 Å². The minimum absolute atomic E-state index is 0.0468. The number of hydrogen-bond acceptors (Lipinski definition) is 2. The second-order valence-electron chi connectivity index (χ2n) is 5.70. The molecule has 0 saturated heterocycles. The van der Waals surface area contributed by atoms with E-state index < -0.39 is 0 Å². The maximum absolute atomic E-state index is 13.2. The molecule has 0 aliphatic heterocycles. The molecule has 0 heterocycles. The number of amides is 2. The van der Waals surface area contributed by atoms with Gasteiger partial charge in [-0.1, -0.05) is 18.2 Å². The molecule has 1 fully saturated rings. The van der Waals surface area contributed by atoms with Crippen LogP contribution in [0, 0.1) is 11.7 Å². The number of carbonyl (C=O) groups excluding carboxylic acids is 1. The Hall–Kier alpha value is -2.56. The molecule has 2 aromatic rings. The second kappa shape index (κ2) is 6.69. The molecule has 1 unspecified atom stereocenters. The summed E-state index contributed by atoms with van der Waals surface area (Å²) in [6.45, 7) is 0. The Kier molecular flexibility index (Phi) is 4.46. The van der Waals surface area contributed by atoms with Gasteiger partial charge in [-0.2, -0.15) is 0 Å². The summed E-state index contributed by atoms with van der Waals surface area (Å²) in [5.41, 5.74) is 1.48. The van der Waals surface area contributed by atoms with Crippen molar-refractivity contribution in [3.63, 3.8) is 0 Å². The summed E-state index contributed by atoms with van der Waals surface area (Å²) in [5.74, 6) is 0.853. The van der Waals surface area contributed by atoms with Gasteiger partial charge in [0.05, 0.1) is 13.2 Å². The molecule has 2 aromatic carbocycles. The van der Waals surface area contributed by atoms with Crippen LogP contribution in [0.4, 0.5) is 14.9 Å². The Balaban J connectivity index is 1.68. The van der Waals surface area contributed by atoms with Gasteiger partial charge in [-0.25, -0.2) is 9.18 Å². The van der Waals surface area contributed by atoms with Crippen LogP contribution in [0.25, 0.3) is 0 Å². The van der Waals surface area contributed by atoms with Gasteiger partial charge in [0.1, 0.15) is 11.6 Å². The minimum Gasteiger partial charge on any atom is -0.497 e. The van der Waals surface area contributed by atoms with E-state index in [1.54, 1.807) is 19.2 Å². The highest BCUT2D eigenvalue weighted by Crippen LogP contribution is 2.41. The van der Waals surface area contributed by atoms with Crippen LogP contribution in [0.3, 0.4) is 0 Å². The standard InChI is InChI=1S/C18H19FN2O2/c1-23-16-9-7-13(8-10-16)17(12-5-6-12)21-18(22)20-15-4-2-3-14(19)11-15/h2-4,7-12,17H,5-6H2,1H3,(H2,20,21,22). The van der Waals surface area contributed by atoms with Crippen LogP contribution in [0.2, 0.25) is 0 Å². The van der Waals surface area contributed by atoms with Gasteiger partial charge in [0, 0.05) is 5.69 Å². The van der Waals surface area contributed by atoms with E-state index in [2.05, 4.69) is 10.6 Å². The first-order chi connectivity index (χ1) is 11.2. The predicted octanol–water partition coefficient (Wildman–Crippen LogP) is 4.11. The summed E-state index contributed by atoms with van der Waals surface area (Å²) >= 11 is 0. The first kappa shape index (κ1) is 15.3. The number of halogens is 1. The van der Waals surface area contributed by atoms with Crippen molar-refractivity contribution in [3.05, 3.63) is 59.9 Å². The van der Waals surface area contributed by atoms with E-state index in [0.29, 0.717) is 11.6 Å². The zero-order valence-electron chi connectivity index (χ0n) is 12.9. The van der Waals surface area contributed by atoms with Crippen molar-refractivity contribution in [1.29, 1.82) is 0 Å². The summed E-state index contributed by atoms with van der Waals surface area (Å²) in [6.07, 6.45) is 2.19. The van der Waals surface area contributed by atoms with Crippen LogP contribution >= 0.6 is 0 Å². The van der Waals surface area contributed by atoms with E-state index in [0.717, 1.165) is 24.2 Å². The van der Waals surface area contributed by atoms with E-state index in [-0.39, 0.29) is 17.9 Å². The van der Waals surface area contributed by atoms with Crippen molar-refractivity contribution in [2.45, 2.75) is 18.9 Å².